The third-order valence-electron chi connectivity index (χ3n) is 3.50. The molecule has 0 radical (unpaired) electrons. The van der Waals surface area contributed by atoms with Gasteiger partial charge in [0.05, 0.1) is 12.3 Å². The number of rotatable bonds is 8. The molecule has 1 unspecified atom stereocenters. The van der Waals surface area contributed by atoms with E-state index < -0.39 is 34.1 Å². The van der Waals surface area contributed by atoms with E-state index in [2.05, 4.69) is 14.8 Å². The van der Waals surface area contributed by atoms with E-state index in [1.807, 2.05) is 0 Å². The zero-order valence-electron chi connectivity index (χ0n) is 15.9. The summed E-state index contributed by atoms with van der Waals surface area (Å²) in [5.74, 6) is -1.40. The molecule has 0 saturated carbocycles. The molecular weight excluding hydrogens is 429 g/mol. The number of carbonyl (C=O) groups excluding carboxylic acids is 1. The number of ether oxygens (including phenoxy) is 2. The number of sulfonamides is 1. The fourth-order valence-corrected chi connectivity index (χ4v) is 3.47. The Balaban J connectivity index is 2.32. The third kappa shape index (κ3) is 6.52. The fourth-order valence-electron chi connectivity index (χ4n) is 2.29. The summed E-state index contributed by atoms with van der Waals surface area (Å²) in [7, 11) is -4.26. The van der Waals surface area contributed by atoms with Crippen molar-refractivity contribution in [1.29, 1.82) is 0 Å². The average Bonchev–Trinajstić information content (AvgIpc) is 2.60. The molecule has 164 valence electrons. The maximum atomic E-state index is 12.8. The minimum absolute atomic E-state index is 0.101. The van der Waals surface area contributed by atoms with E-state index in [4.69, 9.17) is 4.74 Å². The van der Waals surface area contributed by atoms with Crippen LogP contribution in [0.3, 0.4) is 0 Å². The molecule has 0 aliphatic rings. The van der Waals surface area contributed by atoms with Gasteiger partial charge in [-0.3, -0.25) is 9.52 Å². The minimum atomic E-state index is -4.92. The second kappa shape index (κ2) is 9.22. The van der Waals surface area contributed by atoms with Gasteiger partial charge in [0.2, 0.25) is 0 Å². The first-order valence-electron chi connectivity index (χ1n) is 8.55. The van der Waals surface area contributed by atoms with Crippen LogP contribution in [0.25, 0.3) is 0 Å². The van der Waals surface area contributed by atoms with Crippen LogP contribution >= 0.6 is 0 Å². The lowest BCUT2D eigenvalue weighted by molar-refractivity contribution is -0.274. The highest BCUT2D eigenvalue weighted by Crippen LogP contribution is 2.31. The fraction of sp³-hybridized carbons (Fsp3) is 0.278. The molecule has 0 saturated heterocycles. The van der Waals surface area contributed by atoms with Crippen molar-refractivity contribution in [2.45, 2.75) is 31.2 Å². The quantitative estimate of drug-likeness (QED) is 0.572. The molecule has 2 aromatic rings. The SMILES string of the molecule is CCOc1cc(NC(=O)C(C)O)ccc1S(=O)(=O)Nc1cccc(OC(F)(F)F)c1. The molecule has 0 aliphatic heterocycles. The van der Waals surface area contributed by atoms with Gasteiger partial charge in [-0.2, -0.15) is 0 Å². The number of anilines is 2. The molecule has 30 heavy (non-hydrogen) atoms. The van der Waals surface area contributed by atoms with Crippen molar-refractivity contribution in [1.82, 2.24) is 0 Å². The lowest BCUT2D eigenvalue weighted by Crippen LogP contribution is -2.24. The standard InChI is InChI=1S/C18H19F3N2O6S/c1-3-28-15-10-12(22-17(25)11(2)24)7-8-16(15)30(26,27)23-13-5-4-6-14(9-13)29-18(19,20)21/h4-11,23-24H,3H2,1-2H3,(H,22,25). The molecule has 2 aromatic carbocycles. The van der Waals surface area contributed by atoms with Gasteiger partial charge in [0.25, 0.3) is 15.9 Å². The van der Waals surface area contributed by atoms with Crippen molar-refractivity contribution < 1.29 is 41.0 Å². The van der Waals surface area contributed by atoms with Gasteiger partial charge in [0.15, 0.2) is 0 Å². The largest absolute Gasteiger partial charge is 0.573 e. The van der Waals surface area contributed by atoms with E-state index in [1.54, 1.807) is 6.92 Å². The summed E-state index contributed by atoms with van der Waals surface area (Å²) in [6.07, 6.45) is -6.21. The second-order valence-corrected chi connectivity index (χ2v) is 7.59. The number of hydrogen-bond acceptors (Lipinski definition) is 6. The van der Waals surface area contributed by atoms with Gasteiger partial charge in [-0.25, -0.2) is 8.42 Å². The highest BCUT2D eigenvalue weighted by Gasteiger charge is 2.31. The van der Waals surface area contributed by atoms with Gasteiger partial charge in [0.1, 0.15) is 22.5 Å². The van der Waals surface area contributed by atoms with Crippen LogP contribution in [0.1, 0.15) is 13.8 Å². The van der Waals surface area contributed by atoms with Gasteiger partial charge in [0, 0.05) is 17.8 Å². The van der Waals surface area contributed by atoms with Gasteiger partial charge in [-0.15, -0.1) is 13.2 Å². The number of halogens is 3. The third-order valence-corrected chi connectivity index (χ3v) is 4.92. The van der Waals surface area contributed by atoms with Gasteiger partial charge >= 0.3 is 6.36 Å². The van der Waals surface area contributed by atoms with Crippen molar-refractivity contribution >= 4 is 27.3 Å². The normalized spacial score (nSPS) is 12.7. The summed E-state index contributed by atoms with van der Waals surface area (Å²) in [6.45, 7) is 2.98. The number of carbonyl (C=O) groups is 1. The number of aliphatic hydroxyl groups is 1. The first-order chi connectivity index (χ1) is 13.9. The molecule has 8 nitrogen and oxygen atoms in total. The zero-order chi connectivity index (χ0) is 22.5. The smallest absolute Gasteiger partial charge is 0.492 e. The summed E-state index contributed by atoms with van der Waals surface area (Å²) in [6, 6.07) is 8.03. The number of alkyl halides is 3. The molecule has 12 heteroatoms. The molecule has 0 spiro atoms. The van der Waals surface area contributed by atoms with Crippen LogP contribution in [-0.2, 0) is 14.8 Å². The highest BCUT2D eigenvalue weighted by atomic mass is 32.2. The number of aliphatic hydroxyl groups excluding tert-OH is 1. The number of nitrogens with one attached hydrogen (secondary N) is 2. The average molecular weight is 448 g/mol. The predicted molar refractivity (Wildman–Crippen MR) is 102 cm³/mol. The molecule has 0 bridgehead atoms. The van der Waals surface area contributed by atoms with Crippen molar-refractivity contribution in [3.05, 3.63) is 42.5 Å². The van der Waals surface area contributed by atoms with Crippen LogP contribution < -0.4 is 19.5 Å². The summed E-state index contributed by atoms with van der Waals surface area (Å²) in [5.41, 5.74) is 0.0227. The minimum Gasteiger partial charge on any atom is -0.492 e. The van der Waals surface area contributed by atoms with E-state index >= 15 is 0 Å². The lowest BCUT2D eigenvalue weighted by atomic mass is 10.2. The maximum absolute atomic E-state index is 12.8. The van der Waals surface area contributed by atoms with E-state index in [9.17, 15) is 31.5 Å². The Kier molecular flexibility index (Phi) is 7.16. The lowest BCUT2D eigenvalue weighted by Gasteiger charge is -2.15. The van der Waals surface area contributed by atoms with E-state index in [0.717, 1.165) is 18.2 Å². The first-order valence-corrected chi connectivity index (χ1v) is 10.0. The van der Waals surface area contributed by atoms with Crippen LogP contribution in [0, 0.1) is 0 Å². The van der Waals surface area contributed by atoms with Gasteiger partial charge in [-0.1, -0.05) is 6.07 Å². The maximum Gasteiger partial charge on any atom is 0.573 e. The number of hydrogen-bond donors (Lipinski definition) is 3. The van der Waals surface area contributed by atoms with Crippen molar-refractivity contribution in [3.63, 3.8) is 0 Å². The van der Waals surface area contributed by atoms with E-state index in [1.165, 1.54) is 31.2 Å². The van der Waals surface area contributed by atoms with E-state index in [-0.39, 0.29) is 28.6 Å². The molecule has 2 rings (SSSR count). The number of benzene rings is 2. The molecular formula is C18H19F3N2O6S. The molecule has 3 N–H and O–H groups in total. The van der Waals surface area contributed by atoms with Crippen molar-refractivity contribution in [2.24, 2.45) is 0 Å². The van der Waals surface area contributed by atoms with Crippen LogP contribution in [0.2, 0.25) is 0 Å². The van der Waals surface area contributed by atoms with Crippen molar-refractivity contribution in [3.8, 4) is 11.5 Å². The van der Waals surface area contributed by atoms with E-state index in [0.29, 0.717) is 0 Å². The topological polar surface area (TPSA) is 114 Å². The Hall–Kier alpha value is -2.99. The van der Waals surface area contributed by atoms with Crippen LogP contribution in [0.15, 0.2) is 47.4 Å². The van der Waals surface area contributed by atoms with Crippen molar-refractivity contribution in [2.75, 3.05) is 16.6 Å². The molecule has 1 atom stereocenters. The second-order valence-electron chi connectivity index (χ2n) is 5.94. The van der Waals surface area contributed by atoms with Gasteiger partial charge in [-0.05, 0) is 38.1 Å². The summed E-state index contributed by atoms with van der Waals surface area (Å²) in [5, 5.41) is 11.7. The zero-order valence-corrected chi connectivity index (χ0v) is 16.7. The Bertz CT molecular complexity index is 1010. The number of amides is 1. The van der Waals surface area contributed by atoms with Crippen LogP contribution in [0.4, 0.5) is 24.5 Å². The Morgan fingerprint density at radius 3 is 2.47 bits per heavy atom. The molecule has 0 fully saturated rings. The van der Waals surface area contributed by atoms with Gasteiger partial charge < -0.3 is 19.9 Å². The molecule has 0 aromatic heterocycles. The van der Waals surface area contributed by atoms with Crippen LogP contribution in [-0.4, -0.2) is 38.5 Å². The summed E-state index contributed by atoms with van der Waals surface area (Å²) < 4.78 is 73.9. The Labute approximate surface area is 170 Å². The summed E-state index contributed by atoms with van der Waals surface area (Å²) in [4.78, 5) is 11.3. The first kappa shape index (κ1) is 23.3. The molecule has 0 heterocycles. The molecule has 0 aliphatic carbocycles. The summed E-state index contributed by atoms with van der Waals surface area (Å²) >= 11 is 0. The Morgan fingerprint density at radius 2 is 1.87 bits per heavy atom. The highest BCUT2D eigenvalue weighted by molar-refractivity contribution is 7.92. The predicted octanol–water partition coefficient (Wildman–Crippen LogP) is 3.10. The Morgan fingerprint density at radius 1 is 1.17 bits per heavy atom. The monoisotopic (exact) mass is 448 g/mol. The molecule has 1 amide bonds. The van der Waals surface area contributed by atoms with Crippen LogP contribution in [0.5, 0.6) is 11.5 Å².